The Bertz CT molecular complexity index is 505. The van der Waals surface area contributed by atoms with Crippen LogP contribution in [0.25, 0.3) is 0 Å². The molecule has 0 radical (unpaired) electrons. The van der Waals surface area contributed by atoms with Crippen LogP contribution >= 0.6 is 0 Å². The number of amides is 1. The molecule has 0 saturated heterocycles. The van der Waals surface area contributed by atoms with Gasteiger partial charge < -0.3 is 16.0 Å². The molecule has 116 valence electrons. The summed E-state index contributed by atoms with van der Waals surface area (Å²) in [5.41, 5.74) is 5.68. The predicted molar refractivity (Wildman–Crippen MR) is 82.2 cm³/mol. The van der Waals surface area contributed by atoms with E-state index in [2.05, 4.69) is 24.1 Å². The van der Waals surface area contributed by atoms with Gasteiger partial charge in [-0.25, -0.2) is 0 Å². The third kappa shape index (κ3) is 5.03. The van der Waals surface area contributed by atoms with Crippen LogP contribution in [-0.4, -0.2) is 41.9 Å². The second-order valence-electron chi connectivity index (χ2n) is 4.72. The van der Waals surface area contributed by atoms with Crippen LogP contribution in [0.3, 0.4) is 0 Å². The molecule has 0 unspecified atom stereocenters. The highest BCUT2D eigenvalue weighted by atomic mass is 16.6. The van der Waals surface area contributed by atoms with Gasteiger partial charge in [0.05, 0.1) is 4.92 Å². The van der Waals surface area contributed by atoms with E-state index in [-0.39, 0.29) is 11.3 Å². The van der Waals surface area contributed by atoms with Gasteiger partial charge in [-0.1, -0.05) is 13.8 Å². The van der Waals surface area contributed by atoms with E-state index in [9.17, 15) is 14.9 Å². The molecule has 0 heterocycles. The van der Waals surface area contributed by atoms with Gasteiger partial charge in [0.2, 0.25) is 0 Å². The SMILES string of the molecule is CCCN(CC)CCNC(=O)c1cc(N)ccc1[N+](=O)[O-]. The highest BCUT2D eigenvalue weighted by molar-refractivity contribution is 5.99. The van der Waals surface area contributed by atoms with Crippen LogP contribution in [0, 0.1) is 10.1 Å². The fourth-order valence-electron chi connectivity index (χ4n) is 2.06. The molecule has 0 aliphatic carbocycles. The fraction of sp³-hybridized carbons (Fsp3) is 0.500. The molecule has 0 bridgehead atoms. The molecule has 0 aliphatic rings. The van der Waals surface area contributed by atoms with E-state index < -0.39 is 10.8 Å². The molecular weight excluding hydrogens is 272 g/mol. The maximum absolute atomic E-state index is 12.1. The van der Waals surface area contributed by atoms with Gasteiger partial charge >= 0.3 is 0 Å². The summed E-state index contributed by atoms with van der Waals surface area (Å²) in [6.07, 6.45) is 1.04. The zero-order valence-corrected chi connectivity index (χ0v) is 12.5. The van der Waals surface area contributed by atoms with E-state index >= 15 is 0 Å². The number of nitrogens with zero attached hydrogens (tertiary/aromatic N) is 2. The first-order valence-corrected chi connectivity index (χ1v) is 7.04. The molecule has 7 heteroatoms. The summed E-state index contributed by atoms with van der Waals surface area (Å²) in [5.74, 6) is -0.471. The van der Waals surface area contributed by atoms with Gasteiger partial charge in [0.1, 0.15) is 5.56 Å². The lowest BCUT2D eigenvalue weighted by Crippen LogP contribution is -2.35. The van der Waals surface area contributed by atoms with Gasteiger partial charge in [0.25, 0.3) is 11.6 Å². The van der Waals surface area contributed by atoms with Crippen molar-refractivity contribution in [3.05, 3.63) is 33.9 Å². The van der Waals surface area contributed by atoms with Crippen molar-refractivity contribution in [1.29, 1.82) is 0 Å². The van der Waals surface area contributed by atoms with Crippen molar-refractivity contribution < 1.29 is 9.72 Å². The van der Waals surface area contributed by atoms with E-state index in [0.29, 0.717) is 18.8 Å². The first-order chi connectivity index (χ1) is 9.99. The van der Waals surface area contributed by atoms with Crippen LogP contribution in [0.1, 0.15) is 30.6 Å². The molecule has 0 aliphatic heterocycles. The van der Waals surface area contributed by atoms with E-state index in [4.69, 9.17) is 5.73 Å². The van der Waals surface area contributed by atoms with Crippen LogP contribution < -0.4 is 11.1 Å². The fourth-order valence-corrected chi connectivity index (χ4v) is 2.06. The molecule has 0 saturated carbocycles. The number of nitrogens with one attached hydrogen (secondary N) is 1. The molecule has 1 amide bonds. The average Bonchev–Trinajstić information content (AvgIpc) is 2.45. The van der Waals surface area contributed by atoms with E-state index in [0.717, 1.165) is 19.5 Å². The van der Waals surface area contributed by atoms with Crippen molar-refractivity contribution in [2.24, 2.45) is 0 Å². The van der Waals surface area contributed by atoms with Crippen molar-refractivity contribution in [3.8, 4) is 0 Å². The topological polar surface area (TPSA) is 102 Å². The smallest absolute Gasteiger partial charge is 0.282 e. The summed E-state index contributed by atoms with van der Waals surface area (Å²) in [7, 11) is 0. The van der Waals surface area contributed by atoms with Crippen LogP contribution in [0.15, 0.2) is 18.2 Å². The Balaban J connectivity index is 2.67. The predicted octanol–water partition coefficient (Wildman–Crippen LogP) is 1.64. The Morgan fingerprint density at radius 1 is 1.38 bits per heavy atom. The number of nitrogen functional groups attached to an aromatic ring is 1. The second kappa shape index (κ2) is 8.21. The lowest BCUT2D eigenvalue weighted by molar-refractivity contribution is -0.385. The Morgan fingerprint density at radius 3 is 2.67 bits per heavy atom. The molecule has 0 aromatic heterocycles. The number of nitro benzene ring substituents is 1. The summed E-state index contributed by atoms with van der Waals surface area (Å²) in [6.45, 7) is 7.18. The van der Waals surface area contributed by atoms with Gasteiger partial charge in [0, 0.05) is 24.8 Å². The third-order valence-electron chi connectivity index (χ3n) is 3.16. The number of nitro groups is 1. The number of likely N-dealkylation sites (N-methyl/N-ethyl adjacent to an activating group) is 1. The summed E-state index contributed by atoms with van der Waals surface area (Å²) in [6, 6.07) is 3.99. The number of carbonyl (C=O) groups is 1. The summed E-state index contributed by atoms with van der Waals surface area (Å²) < 4.78 is 0. The maximum atomic E-state index is 12.1. The molecular formula is C14H22N4O3. The molecule has 0 fully saturated rings. The van der Waals surface area contributed by atoms with Gasteiger partial charge in [-0.3, -0.25) is 14.9 Å². The highest BCUT2D eigenvalue weighted by Crippen LogP contribution is 2.20. The van der Waals surface area contributed by atoms with E-state index in [1.54, 1.807) is 0 Å². The maximum Gasteiger partial charge on any atom is 0.282 e. The summed E-state index contributed by atoms with van der Waals surface area (Å²) in [5, 5.41) is 13.6. The van der Waals surface area contributed by atoms with Crippen molar-refractivity contribution >= 4 is 17.3 Å². The Hall–Kier alpha value is -2.15. The molecule has 3 N–H and O–H groups in total. The van der Waals surface area contributed by atoms with Crippen molar-refractivity contribution in [1.82, 2.24) is 10.2 Å². The minimum Gasteiger partial charge on any atom is -0.399 e. The quantitative estimate of drug-likeness (QED) is 0.431. The van der Waals surface area contributed by atoms with E-state index in [1.807, 2.05) is 0 Å². The average molecular weight is 294 g/mol. The number of benzene rings is 1. The zero-order chi connectivity index (χ0) is 15.8. The first kappa shape index (κ1) is 16.9. The highest BCUT2D eigenvalue weighted by Gasteiger charge is 2.20. The lowest BCUT2D eigenvalue weighted by Gasteiger charge is -2.19. The van der Waals surface area contributed by atoms with Crippen molar-refractivity contribution in [2.75, 3.05) is 31.9 Å². The molecule has 7 nitrogen and oxygen atoms in total. The number of carbonyl (C=O) groups excluding carboxylic acids is 1. The monoisotopic (exact) mass is 294 g/mol. The minimum atomic E-state index is -0.580. The molecule has 1 rings (SSSR count). The van der Waals surface area contributed by atoms with Gasteiger partial charge in [-0.15, -0.1) is 0 Å². The standard InChI is InChI=1S/C14H22N4O3/c1-3-8-17(4-2)9-7-16-14(19)12-10-11(15)5-6-13(12)18(20)21/h5-6,10H,3-4,7-9,15H2,1-2H3,(H,16,19). The van der Waals surface area contributed by atoms with Crippen LogP contribution in [-0.2, 0) is 0 Å². The normalized spacial score (nSPS) is 10.6. The van der Waals surface area contributed by atoms with Crippen LogP contribution in [0.5, 0.6) is 0 Å². The largest absolute Gasteiger partial charge is 0.399 e. The van der Waals surface area contributed by atoms with Gasteiger partial charge in [-0.2, -0.15) is 0 Å². The van der Waals surface area contributed by atoms with Gasteiger partial charge in [0.15, 0.2) is 0 Å². The number of nitrogens with two attached hydrogens (primary N) is 1. The van der Waals surface area contributed by atoms with Crippen molar-refractivity contribution in [2.45, 2.75) is 20.3 Å². The third-order valence-corrected chi connectivity index (χ3v) is 3.16. The number of anilines is 1. The number of hydrogen-bond acceptors (Lipinski definition) is 5. The Labute approximate surface area is 124 Å². The summed E-state index contributed by atoms with van der Waals surface area (Å²) in [4.78, 5) is 24.6. The van der Waals surface area contributed by atoms with Crippen molar-refractivity contribution in [3.63, 3.8) is 0 Å². The Kier molecular flexibility index (Phi) is 6.61. The molecule has 1 aromatic rings. The Morgan fingerprint density at radius 2 is 2.10 bits per heavy atom. The first-order valence-electron chi connectivity index (χ1n) is 7.04. The summed E-state index contributed by atoms with van der Waals surface area (Å²) >= 11 is 0. The van der Waals surface area contributed by atoms with Crippen LogP contribution in [0.4, 0.5) is 11.4 Å². The number of hydrogen-bond donors (Lipinski definition) is 2. The molecule has 1 aromatic carbocycles. The zero-order valence-electron chi connectivity index (χ0n) is 12.5. The molecule has 21 heavy (non-hydrogen) atoms. The van der Waals surface area contributed by atoms with Crippen LogP contribution in [0.2, 0.25) is 0 Å². The molecule has 0 spiro atoms. The second-order valence-corrected chi connectivity index (χ2v) is 4.72. The van der Waals surface area contributed by atoms with E-state index in [1.165, 1.54) is 18.2 Å². The van der Waals surface area contributed by atoms with Gasteiger partial charge in [-0.05, 0) is 31.6 Å². The molecule has 0 atom stereocenters. The number of rotatable bonds is 8. The lowest BCUT2D eigenvalue weighted by atomic mass is 10.1. The minimum absolute atomic E-state index is 0.00135.